The molecule has 1 unspecified atom stereocenters. The van der Waals surface area contributed by atoms with Crippen LogP contribution in [0.3, 0.4) is 0 Å². The number of rotatable bonds is 5. The summed E-state index contributed by atoms with van der Waals surface area (Å²) in [5, 5.41) is 8.49. The van der Waals surface area contributed by atoms with Crippen LogP contribution in [0.4, 0.5) is 0 Å². The summed E-state index contributed by atoms with van der Waals surface area (Å²) in [6, 6.07) is 10.6. The average Bonchev–Trinajstić information content (AvgIpc) is 2.26. The third-order valence-electron chi connectivity index (χ3n) is 2.12. The number of azo groups is 1. The molecule has 1 aromatic rings. The molecule has 0 saturated carbocycles. The Hall–Kier alpha value is -1.18. The number of hydrogen-bond donors (Lipinski definition) is 0. The molecule has 1 rings (SSSR count). The molecule has 0 aromatic heterocycles. The topological polar surface area (TPSA) is 24.7 Å². The van der Waals surface area contributed by atoms with Crippen molar-refractivity contribution >= 4 is 0 Å². The highest BCUT2D eigenvalue weighted by Gasteiger charge is 2.05. The molecule has 0 aliphatic rings. The van der Waals surface area contributed by atoms with E-state index in [9.17, 15) is 0 Å². The summed E-state index contributed by atoms with van der Waals surface area (Å²) in [5.41, 5.74) is 1.26. The SMILES string of the molecule is CCCN=NC(CC)c1ccccc1. The Morgan fingerprint density at radius 1 is 1.14 bits per heavy atom. The first-order valence-electron chi connectivity index (χ1n) is 5.30. The lowest BCUT2D eigenvalue weighted by Crippen LogP contribution is -1.92. The monoisotopic (exact) mass is 190 g/mol. The molecule has 0 N–H and O–H groups in total. The molecule has 2 nitrogen and oxygen atoms in total. The smallest absolute Gasteiger partial charge is 0.0955 e. The zero-order valence-corrected chi connectivity index (χ0v) is 8.98. The van der Waals surface area contributed by atoms with Gasteiger partial charge >= 0.3 is 0 Å². The molecule has 0 spiro atoms. The lowest BCUT2D eigenvalue weighted by atomic mass is 10.1. The third-order valence-corrected chi connectivity index (χ3v) is 2.12. The van der Waals surface area contributed by atoms with Gasteiger partial charge in [-0.3, -0.25) is 0 Å². The zero-order chi connectivity index (χ0) is 10.2. The van der Waals surface area contributed by atoms with E-state index in [0.29, 0.717) is 0 Å². The van der Waals surface area contributed by atoms with Crippen LogP contribution in [-0.2, 0) is 0 Å². The van der Waals surface area contributed by atoms with Crippen molar-refractivity contribution < 1.29 is 0 Å². The Morgan fingerprint density at radius 3 is 2.43 bits per heavy atom. The van der Waals surface area contributed by atoms with Crippen molar-refractivity contribution in [3.8, 4) is 0 Å². The highest BCUT2D eigenvalue weighted by atomic mass is 15.1. The predicted octanol–water partition coefficient (Wildman–Crippen LogP) is 4.00. The Kier molecular flexibility index (Phi) is 4.90. The number of benzene rings is 1. The summed E-state index contributed by atoms with van der Waals surface area (Å²) in [6.45, 7) is 5.09. The van der Waals surface area contributed by atoms with Gasteiger partial charge in [0.05, 0.1) is 12.6 Å². The summed E-state index contributed by atoms with van der Waals surface area (Å²) in [5.74, 6) is 0. The van der Waals surface area contributed by atoms with Gasteiger partial charge < -0.3 is 0 Å². The van der Waals surface area contributed by atoms with E-state index in [1.165, 1.54) is 5.56 Å². The molecule has 0 fully saturated rings. The molecule has 0 bridgehead atoms. The van der Waals surface area contributed by atoms with Crippen molar-refractivity contribution in [2.75, 3.05) is 6.54 Å². The van der Waals surface area contributed by atoms with E-state index in [2.05, 4.69) is 36.2 Å². The molecule has 0 heterocycles. The van der Waals surface area contributed by atoms with Crippen molar-refractivity contribution in [1.29, 1.82) is 0 Å². The maximum Gasteiger partial charge on any atom is 0.0955 e. The van der Waals surface area contributed by atoms with Crippen molar-refractivity contribution in [1.82, 2.24) is 0 Å². The molecule has 1 aromatic carbocycles. The lowest BCUT2D eigenvalue weighted by Gasteiger charge is -2.07. The molecule has 2 heteroatoms. The van der Waals surface area contributed by atoms with E-state index >= 15 is 0 Å². The summed E-state index contributed by atoms with van der Waals surface area (Å²) < 4.78 is 0. The molecule has 14 heavy (non-hydrogen) atoms. The van der Waals surface area contributed by atoms with Crippen LogP contribution in [-0.4, -0.2) is 6.54 Å². The Labute approximate surface area is 86.1 Å². The van der Waals surface area contributed by atoms with E-state index in [4.69, 9.17) is 0 Å². The van der Waals surface area contributed by atoms with E-state index in [0.717, 1.165) is 19.4 Å². The van der Waals surface area contributed by atoms with Crippen molar-refractivity contribution in [2.24, 2.45) is 10.2 Å². The van der Waals surface area contributed by atoms with Gasteiger partial charge in [-0.1, -0.05) is 44.2 Å². The number of hydrogen-bond acceptors (Lipinski definition) is 2. The molecule has 0 radical (unpaired) electrons. The van der Waals surface area contributed by atoms with Gasteiger partial charge in [0.2, 0.25) is 0 Å². The van der Waals surface area contributed by atoms with E-state index in [1.54, 1.807) is 0 Å². The van der Waals surface area contributed by atoms with Crippen LogP contribution in [0, 0.1) is 0 Å². The fourth-order valence-electron chi connectivity index (χ4n) is 1.32. The second-order valence-electron chi connectivity index (χ2n) is 3.32. The Balaban J connectivity index is 2.63. The third kappa shape index (κ3) is 3.29. The predicted molar refractivity (Wildman–Crippen MR) is 59.5 cm³/mol. The van der Waals surface area contributed by atoms with Gasteiger partial charge in [-0.05, 0) is 18.4 Å². The second kappa shape index (κ2) is 6.30. The van der Waals surface area contributed by atoms with Gasteiger partial charge in [-0.2, -0.15) is 10.2 Å². The van der Waals surface area contributed by atoms with Gasteiger partial charge in [0.1, 0.15) is 0 Å². The van der Waals surface area contributed by atoms with Crippen LogP contribution in [0.1, 0.15) is 38.3 Å². The molecular formula is C12H18N2. The molecule has 76 valence electrons. The fraction of sp³-hybridized carbons (Fsp3) is 0.500. The maximum absolute atomic E-state index is 4.33. The summed E-state index contributed by atoms with van der Waals surface area (Å²) in [7, 11) is 0. The Bertz CT molecular complexity index is 267. The minimum atomic E-state index is 0.239. The van der Waals surface area contributed by atoms with Gasteiger partial charge in [0.15, 0.2) is 0 Å². The first-order chi connectivity index (χ1) is 6.88. The first kappa shape index (κ1) is 10.9. The molecule has 0 amide bonds. The van der Waals surface area contributed by atoms with Gasteiger partial charge in [-0.25, -0.2) is 0 Å². The summed E-state index contributed by atoms with van der Waals surface area (Å²) in [6.07, 6.45) is 2.08. The molecule has 0 saturated heterocycles. The van der Waals surface area contributed by atoms with Gasteiger partial charge in [0, 0.05) is 0 Å². The van der Waals surface area contributed by atoms with E-state index in [1.807, 2.05) is 18.2 Å². The normalized spacial score (nSPS) is 13.3. The van der Waals surface area contributed by atoms with E-state index < -0.39 is 0 Å². The minimum Gasteiger partial charge on any atom is -0.194 e. The van der Waals surface area contributed by atoms with Gasteiger partial charge in [0.25, 0.3) is 0 Å². The van der Waals surface area contributed by atoms with Crippen LogP contribution in [0.25, 0.3) is 0 Å². The highest BCUT2D eigenvalue weighted by molar-refractivity contribution is 5.18. The molecule has 0 aliphatic carbocycles. The van der Waals surface area contributed by atoms with Crippen molar-refractivity contribution in [3.63, 3.8) is 0 Å². The standard InChI is InChI=1S/C12H18N2/c1-3-10-13-14-12(4-2)11-8-6-5-7-9-11/h5-9,12H,3-4,10H2,1-2H3. The summed E-state index contributed by atoms with van der Waals surface area (Å²) >= 11 is 0. The van der Waals surface area contributed by atoms with Crippen LogP contribution < -0.4 is 0 Å². The average molecular weight is 190 g/mol. The highest BCUT2D eigenvalue weighted by Crippen LogP contribution is 2.20. The quantitative estimate of drug-likeness (QED) is 0.627. The maximum atomic E-state index is 4.33. The zero-order valence-electron chi connectivity index (χ0n) is 8.98. The van der Waals surface area contributed by atoms with Crippen LogP contribution in [0.2, 0.25) is 0 Å². The molecule has 0 aliphatic heterocycles. The summed E-state index contributed by atoms with van der Waals surface area (Å²) in [4.78, 5) is 0. The molecule has 1 atom stereocenters. The van der Waals surface area contributed by atoms with Crippen LogP contribution >= 0.6 is 0 Å². The number of nitrogens with zero attached hydrogens (tertiary/aromatic N) is 2. The fourth-order valence-corrected chi connectivity index (χ4v) is 1.32. The first-order valence-corrected chi connectivity index (χ1v) is 5.30. The second-order valence-corrected chi connectivity index (χ2v) is 3.32. The van der Waals surface area contributed by atoms with E-state index in [-0.39, 0.29) is 6.04 Å². The van der Waals surface area contributed by atoms with Crippen LogP contribution in [0.5, 0.6) is 0 Å². The van der Waals surface area contributed by atoms with Gasteiger partial charge in [-0.15, -0.1) is 0 Å². The Morgan fingerprint density at radius 2 is 1.86 bits per heavy atom. The largest absolute Gasteiger partial charge is 0.194 e. The van der Waals surface area contributed by atoms with Crippen molar-refractivity contribution in [2.45, 2.75) is 32.7 Å². The van der Waals surface area contributed by atoms with Crippen molar-refractivity contribution in [3.05, 3.63) is 35.9 Å². The minimum absolute atomic E-state index is 0.239. The molecular weight excluding hydrogens is 172 g/mol. The van der Waals surface area contributed by atoms with Crippen LogP contribution in [0.15, 0.2) is 40.6 Å². The lowest BCUT2D eigenvalue weighted by molar-refractivity contribution is 0.639.